The number of aliphatic hydroxyl groups is 1. The van der Waals surface area contributed by atoms with Gasteiger partial charge in [-0.2, -0.15) is 13.2 Å². The summed E-state index contributed by atoms with van der Waals surface area (Å²) in [5.41, 5.74) is 0.507. The predicted octanol–water partition coefficient (Wildman–Crippen LogP) is 4.82. The molecule has 1 heterocycles. The van der Waals surface area contributed by atoms with E-state index in [9.17, 15) is 31.1 Å². The second-order valence-corrected chi connectivity index (χ2v) is 8.16. The summed E-state index contributed by atoms with van der Waals surface area (Å²) in [6, 6.07) is 13.1. The maximum Gasteiger partial charge on any atom is 0.418 e. The molecule has 0 bridgehead atoms. The molecular weight excluding hydrogens is 422 g/mol. The summed E-state index contributed by atoms with van der Waals surface area (Å²) in [4.78, 5) is 3.31. The van der Waals surface area contributed by atoms with Crippen molar-refractivity contribution in [3.8, 4) is 0 Å². The molecule has 4 nitrogen and oxygen atoms in total. The number of pyridine rings is 1. The van der Waals surface area contributed by atoms with E-state index in [1.165, 1.54) is 36.4 Å². The molecule has 156 valence electrons. The summed E-state index contributed by atoms with van der Waals surface area (Å²) in [6.07, 6.45) is -3.61. The number of sulfone groups is 1. The summed E-state index contributed by atoms with van der Waals surface area (Å²) in [6.45, 7) is 0. The van der Waals surface area contributed by atoms with Gasteiger partial charge in [0, 0.05) is 11.8 Å². The van der Waals surface area contributed by atoms with Crippen molar-refractivity contribution in [3.63, 3.8) is 0 Å². The average Bonchev–Trinajstić information content (AvgIpc) is 2.72. The minimum atomic E-state index is -5.04. The van der Waals surface area contributed by atoms with Crippen LogP contribution in [0.3, 0.4) is 0 Å². The molecule has 0 aliphatic carbocycles. The fraction of sp³-hybridized carbons (Fsp3) is 0.0952. The number of rotatable bonds is 5. The van der Waals surface area contributed by atoms with E-state index in [-0.39, 0.29) is 10.7 Å². The summed E-state index contributed by atoms with van der Waals surface area (Å²) in [5, 5.41) is 8.67. The first kappa shape index (κ1) is 21.7. The van der Waals surface area contributed by atoms with Crippen LogP contribution in [0.25, 0.3) is 12.2 Å². The largest absolute Gasteiger partial charge is 0.418 e. The van der Waals surface area contributed by atoms with Crippen LogP contribution in [0.4, 0.5) is 17.6 Å². The lowest BCUT2D eigenvalue weighted by Crippen LogP contribution is -2.23. The minimum absolute atomic E-state index is 0.268. The van der Waals surface area contributed by atoms with E-state index >= 15 is 0 Å². The van der Waals surface area contributed by atoms with E-state index in [0.717, 1.165) is 23.9 Å². The zero-order valence-corrected chi connectivity index (χ0v) is 16.0. The molecule has 1 aromatic heterocycles. The van der Waals surface area contributed by atoms with Gasteiger partial charge in [-0.15, -0.1) is 0 Å². The summed E-state index contributed by atoms with van der Waals surface area (Å²) in [7, 11) is -4.40. The number of benzene rings is 2. The summed E-state index contributed by atoms with van der Waals surface area (Å²) < 4.78 is 77.3. The fourth-order valence-electron chi connectivity index (χ4n) is 2.65. The quantitative estimate of drug-likeness (QED) is 0.459. The molecule has 0 aliphatic rings. The number of hydrogen-bond acceptors (Lipinski definition) is 4. The Balaban J connectivity index is 1.90. The molecule has 0 aliphatic heterocycles. The molecule has 3 aromatic rings. The molecule has 1 N–H and O–H groups in total. The first-order chi connectivity index (χ1) is 14.1. The third-order valence-corrected chi connectivity index (χ3v) is 5.93. The van der Waals surface area contributed by atoms with E-state index in [1.807, 2.05) is 0 Å². The van der Waals surface area contributed by atoms with Gasteiger partial charge in [-0.1, -0.05) is 42.5 Å². The van der Waals surface area contributed by atoms with Gasteiger partial charge in [0.1, 0.15) is 5.82 Å². The van der Waals surface area contributed by atoms with Crippen LogP contribution in [-0.4, -0.2) is 24.7 Å². The van der Waals surface area contributed by atoms with E-state index in [4.69, 9.17) is 0 Å². The molecule has 0 fully saturated rings. The van der Waals surface area contributed by atoms with Crippen molar-refractivity contribution >= 4 is 22.0 Å². The number of hydrogen-bond donors (Lipinski definition) is 1. The van der Waals surface area contributed by atoms with Gasteiger partial charge in [0.15, 0.2) is 11.1 Å². The van der Waals surface area contributed by atoms with Gasteiger partial charge >= 0.3 is 6.18 Å². The second kappa shape index (κ2) is 8.37. The lowest BCUT2D eigenvalue weighted by Gasteiger charge is -2.17. The van der Waals surface area contributed by atoms with Gasteiger partial charge in [-0.25, -0.2) is 17.8 Å². The van der Waals surface area contributed by atoms with Crippen molar-refractivity contribution < 1.29 is 31.1 Å². The third-order valence-electron chi connectivity index (χ3n) is 4.19. The Kier molecular flexibility index (Phi) is 6.04. The highest BCUT2D eigenvalue weighted by molar-refractivity contribution is 7.91. The van der Waals surface area contributed by atoms with E-state index in [0.29, 0.717) is 5.56 Å². The van der Waals surface area contributed by atoms with Crippen molar-refractivity contribution in [1.82, 2.24) is 4.98 Å². The van der Waals surface area contributed by atoms with Gasteiger partial charge in [-0.3, -0.25) is 0 Å². The van der Waals surface area contributed by atoms with Crippen LogP contribution in [0.1, 0.15) is 22.8 Å². The molecule has 0 radical (unpaired) electrons. The molecule has 30 heavy (non-hydrogen) atoms. The number of nitrogens with zero attached hydrogens (tertiary/aromatic N) is 1. The molecule has 0 saturated carbocycles. The normalized spacial score (nSPS) is 13.5. The molecule has 1 unspecified atom stereocenters. The van der Waals surface area contributed by atoms with Crippen LogP contribution < -0.4 is 0 Å². The third kappa shape index (κ3) is 4.74. The summed E-state index contributed by atoms with van der Waals surface area (Å²) >= 11 is 0. The maximum absolute atomic E-state index is 12.9. The van der Waals surface area contributed by atoms with Gasteiger partial charge in [-0.05, 0) is 41.5 Å². The van der Waals surface area contributed by atoms with Gasteiger partial charge in [0.05, 0.1) is 4.90 Å². The van der Waals surface area contributed by atoms with Crippen LogP contribution in [0, 0.1) is 5.82 Å². The van der Waals surface area contributed by atoms with Crippen LogP contribution in [0.15, 0.2) is 76.8 Å². The molecule has 0 amide bonds. The van der Waals surface area contributed by atoms with Crippen molar-refractivity contribution in [1.29, 1.82) is 0 Å². The lowest BCUT2D eigenvalue weighted by molar-refractivity contribution is -0.207. The van der Waals surface area contributed by atoms with Crippen molar-refractivity contribution in [2.24, 2.45) is 0 Å². The first-order valence-corrected chi connectivity index (χ1v) is 10.1. The molecule has 0 saturated heterocycles. The van der Waals surface area contributed by atoms with Gasteiger partial charge in [0.25, 0.3) is 0 Å². The molecule has 1 atom stereocenters. The predicted molar refractivity (Wildman–Crippen MR) is 102 cm³/mol. The molecule has 9 heteroatoms. The Morgan fingerprint density at radius 1 is 0.900 bits per heavy atom. The standard InChI is InChI=1S/C21H15F4NO3S/c22-16-9-5-14(6-10-16)3-4-15-7-11-17(12-8-15)30(28,29)20-18(2-1-13-26-20)19(27)21(23,24)25/h1-13,19,27H. The molecule has 2 aromatic carbocycles. The summed E-state index contributed by atoms with van der Waals surface area (Å²) in [5.74, 6) is -0.369. The van der Waals surface area contributed by atoms with Crippen molar-refractivity contribution in [2.75, 3.05) is 0 Å². The highest BCUT2D eigenvalue weighted by atomic mass is 32.2. The SMILES string of the molecule is O=S(=O)(c1ccc(C=Cc2ccc(F)cc2)cc1)c1ncccc1C(O)C(F)(F)F. The Bertz CT molecular complexity index is 1160. The maximum atomic E-state index is 12.9. The second-order valence-electron chi connectivity index (χ2n) is 6.30. The minimum Gasteiger partial charge on any atom is -0.379 e. The Hall–Kier alpha value is -3.04. The van der Waals surface area contributed by atoms with Crippen LogP contribution >= 0.6 is 0 Å². The van der Waals surface area contributed by atoms with Gasteiger partial charge in [0.2, 0.25) is 9.84 Å². The molecule has 3 rings (SSSR count). The van der Waals surface area contributed by atoms with E-state index in [1.54, 1.807) is 24.3 Å². The Labute approximate surface area is 170 Å². The van der Waals surface area contributed by atoms with Crippen molar-refractivity contribution in [2.45, 2.75) is 22.2 Å². The monoisotopic (exact) mass is 437 g/mol. The van der Waals surface area contributed by atoms with E-state index < -0.39 is 32.7 Å². The van der Waals surface area contributed by atoms with Crippen LogP contribution in [0.5, 0.6) is 0 Å². The zero-order chi connectivity index (χ0) is 21.9. The van der Waals surface area contributed by atoms with Crippen LogP contribution in [-0.2, 0) is 9.84 Å². The number of alkyl halides is 3. The Morgan fingerprint density at radius 2 is 1.43 bits per heavy atom. The Morgan fingerprint density at radius 3 is 1.97 bits per heavy atom. The molecular formula is C21H15F4NO3S. The average molecular weight is 437 g/mol. The highest BCUT2D eigenvalue weighted by Gasteiger charge is 2.42. The van der Waals surface area contributed by atoms with Gasteiger partial charge < -0.3 is 5.11 Å². The number of halogens is 4. The number of aromatic nitrogens is 1. The first-order valence-electron chi connectivity index (χ1n) is 8.57. The van der Waals surface area contributed by atoms with Crippen molar-refractivity contribution in [3.05, 3.63) is 89.4 Å². The van der Waals surface area contributed by atoms with E-state index in [2.05, 4.69) is 4.98 Å². The zero-order valence-electron chi connectivity index (χ0n) is 15.2. The molecule has 0 spiro atoms. The smallest absolute Gasteiger partial charge is 0.379 e. The lowest BCUT2D eigenvalue weighted by atomic mass is 10.1. The topological polar surface area (TPSA) is 67.3 Å². The number of aliphatic hydroxyl groups excluding tert-OH is 1. The fourth-order valence-corrected chi connectivity index (χ4v) is 4.06. The van der Waals surface area contributed by atoms with Crippen LogP contribution in [0.2, 0.25) is 0 Å². The highest BCUT2D eigenvalue weighted by Crippen LogP contribution is 2.36.